The molecule has 1 aromatic heterocycles. The van der Waals surface area contributed by atoms with Crippen LogP contribution in [0.25, 0.3) is 0 Å². The topological polar surface area (TPSA) is 41.9 Å². The van der Waals surface area contributed by atoms with E-state index in [2.05, 4.69) is 15.7 Å². The summed E-state index contributed by atoms with van der Waals surface area (Å²) in [7, 11) is 0. The highest BCUT2D eigenvalue weighted by Crippen LogP contribution is 2.42. The van der Waals surface area contributed by atoms with Gasteiger partial charge in [-0.3, -0.25) is 4.68 Å². The fourth-order valence-electron chi connectivity index (χ4n) is 2.60. The lowest BCUT2D eigenvalue weighted by molar-refractivity contribution is -0.141. The third-order valence-electron chi connectivity index (χ3n) is 4.03. The molecule has 1 heterocycles. The van der Waals surface area contributed by atoms with Crippen LogP contribution in [-0.4, -0.2) is 21.4 Å². The molecule has 1 saturated carbocycles. The van der Waals surface area contributed by atoms with Crippen LogP contribution in [0, 0.1) is 5.82 Å². The largest absolute Gasteiger partial charge is 0.435 e. The molecule has 9 heteroatoms. The standard InChI is InChI=1S/C17H18F4N4S/c18-12-4-6-13(7-5-12)23-16(26)22-8-1-9-25-14(11-2-3-11)10-15(24-25)17(19,20)21/h4-7,10-11H,1-3,8-9H2,(H2,22,23,26). The van der Waals surface area contributed by atoms with E-state index in [-0.39, 0.29) is 11.7 Å². The lowest BCUT2D eigenvalue weighted by Crippen LogP contribution is -2.29. The number of aromatic nitrogens is 2. The van der Waals surface area contributed by atoms with Crippen molar-refractivity contribution in [1.29, 1.82) is 0 Å². The lowest BCUT2D eigenvalue weighted by atomic mass is 10.2. The fraction of sp³-hybridized carbons (Fsp3) is 0.412. The first-order chi connectivity index (χ1) is 12.3. The van der Waals surface area contributed by atoms with Crippen molar-refractivity contribution in [2.45, 2.75) is 37.9 Å². The Balaban J connectivity index is 1.48. The van der Waals surface area contributed by atoms with Crippen molar-refractivity contribution < 1.29 is 17.6 Å². The van der Waals surface area contributed by atoms with Crippen molar-refractivity contribution in [3.63, 3.8) is 0 Å². The summed E-state index contributed by atoms with van der Waals surface area (Å²) in [6.07, 6.45) is -2.03. The fourth-order valence-corrected chi connectivity index (χ4v) is 2.82. The van der Waals surface area contributed by atoms with Gasteiger partial charge in [0.15, 0.2) is 10.8 Å². The molecule has 0 atom stereocenters. The highest BCUT2D eigenvalue weighted by molar-refractivity contribution is 7.80. The second-order valence-corrected chi connectivity index (χ2v) is 6.60. The molecule has 4 nitrogen and oxygen atoms in total. The van der Waals surface area contributed by atoms with Gasteiger partial charge in [-0.05, 0) is 61.8 Å². The number of aryl methyl sites for hydroxylation is 1. The maximum atomic E-state index is 12.9. The van der Waals surface area contributed by atoms with Gasteiger partial charge >= 0.3 is 6.18 Å². The molecule has 0 amide bonds. The van der Waals surface area contributed by atoms with Gasteiger partial charge in [0.25, 0.3) is 0 Å². The molecule has 1 fully saturated rings. The number of rotatable bonds is 6. The van der Waals surface area contributed by atoms with Gasteiger partial charge < -0.3 is 10.6 Å². The van der Waals surface area contributed by atoms with Crippen LogP contribution in [0.15, 0.2) is 30.3 Å². The SMILES string of the molecule is Fc1ccc(NC(=S)NCCCn2nc(C(F)(F)F)cc2C2CC2)cc1. The first kappa shape index (κ1) is 18.6. The highest BCUT2D eigenvalue weighted by Gasteiger charge is 2.37. The predicted octanol–water partition coefficient (Wildman–Crippen LogP) is 4.30. The van der Waals surface area contributed by atoms with Gasteiger partial charge in [-0.25, -0.2) is 4.39 Å². The number of nitrogens with one attached hydrogen (secondary N) is 2. The van der Waals surface area contributed by atoms with Crippen LogP contribution in [0.4, 0.5) is 23.2 Å². The van der Waals surface area contributed by atoms with E-state index < -0.39 is 11.9 Å². The molecule has 2 N–H and O–H groups in total. The molecule has 140 valence electrons. The van der Waals surface area contributed by atoms with Crippen LogP contribution in [0.3, 0.4) is 0 Å². The first-order valence-corrected chi connectivity index (χ1v) is 8.69. The van der Waals surface area contributed by atoms with E-state index >= 15 is 0 Å². The van der Waals surface area contributed by atoms with Gasteiger partial charge in [0.1, 0.15) is 5.82 Å². The Labute approximate surface area is 153 Å². The molecular weight excluding hydrogens is 368 g/mol. The normalized spacial score (nSPS) is 14.3. The molecule has 0 radical (unpaired) electrons. The smallest absolute Gasteiger partial charge is 0.362 e. The van der Waals surface area contributed by atoms with E-state index in [0.29, 0.717) is 36.0 Å². The van der Waals surface area contributed by atoms with Gasteiger partial charge in [0.2, 0.25) is 0 Å². The summed E-state index contributed by atoms with van der Waals surface area (Å²) in [6.45, 7) is 0.867. The number of hydrogen-bond donors (Lipinski definition) is 2. The van der Waals surface area contributed by atoms with Gasteiger partial charge in [-0.1, -0.05) is 0 Å². The van der Waals surface area contributed by atoms with Crippen molar-refractivity contribution in [3.05, 3.63) is 47.5 Å². The van der Waals surface area contributed by atoms with E-state index in [1.54, 1.807) is 12.1 Å². The third-order valence-corrected chi connectivity index (χ3v) is 4.28. The summed E-state index contributed by atoms with van der Waals surface area (Å²) >= 11 is 5.14. The van der Waals surface area contributed by atoms with Gasteiger partial charge in [-0.2, -0.15) is 18.3 Å². The van der Waals surface area contributed by atoms with E-state index in [1.807, 2.05) is 0 Å². The molecule has 0 spiro atoms. The summed E-state index contributed by atoms with van der Waals surface area (Å²) in [5.74, 6) is -0.147. The Bertz CT molecular complexity index is 766. The molecule has 26 heavy (non-hydrogen) atoms. The van der Waals surface area contributed by atoms with E-state index in [0.717, 1.165) is 18.9 Å². The van der Waals surface area contributed by atoms with Crippen LogP contribution in [0.5, 0.6) is 0 Å². The number of nitrogens with zero attached hydrogens (tertiary/aromatic N) is 2. The summed E-state index contributed by atoms with van der Waals surface area (Å²) in [6, 6.07) is 6.92. The van der Waals surface area contributed by atoms with Crippen LogP contribution < -0.4 is 10.6 Å². The molecule has 0 unspecified atom stereocenters. The minimum Gasteiger partial charge on any atom is -0.362 e. The van der Waals surface area contributed by atoms with Gasteiger partial charge in [-0.15, -0.1) is 0 Å². The number of anilines is 1. The molecule has 0 aliphatic heterocycles. The lowest BCUT2D eigenvalue weighted by Gasteiger charge is -2.11. The minimum atomic E-state index is -4.42. The molecule has 1 aliphatic rings. The summed E-state index contributed by atoms with van der Waals surface area (Å²) in [5, 5.41) is 9.98. The first-order valence-electron chi connectivity index (χ1n) is 8.28. The maximum Gasteiger partial charge on any atom is 0.435 e. The van der Waals surface area contributed by atoms with E-state index in [4.69, 9.17) is 12.2 Å². The monoisotopic (exact) mass is 386 g/mol. The Morgan fingerprint density at radius 3 is 2.54 bits per heavy atom. The summed E-state index contributed by atoms with van der Waals surface area (Å²) in [5.41, 5.74) is 0.479. The second kappa shape index (κ2) is 7.61. The Hall–Kier alpha value is -2.16. The number of benzene rings is 1. The van der Waals surface area contributed by atoms with Gasteiger partial charge in [0, 0.05) is 30.4 Å². The van der Waals surface area contributed by atoms with Crippen molar-refractivity contribution in [1.82, 2.24) is 15.1 Å². The third kappa shape index (κ3) is 4.94. The number of thiocarbonyl (C=S) groups is 1. The van der Waals surface area contributed by atoms with E-state index in [1.165, 1.54) is 16.8 Å². The molecule has 3 rings (SSSR count). The van der Waals surface area contributed by atoms with Crippen LogP contribution in [-0.2, 0) is 12.7 Å². The zero-order valence-corrected chi connectivity index (χ0v) is 14.6. The zero-order chi connectivity index (χ0) is 18.7. The number of halogens is 4. The van der Waals surface area contributed by atoms with Crippen LogP contribution in [0.1, 0.15) is 36.6 Å². The minimum absolute atomic E-state index is 0.188. The average Bonchev–Trinajstić information content (AvgIpc) is 3.32. The molecule has 1 aromatic carbocycles. The summed E-state index contributed by atoms with van der Waals surface area (Å²) < 4.78 is 52.9. The highest BCUT2D eigenvalue weighted by atomic mass is 32.1. The Kier molecular flexibility index (Phi) is 5.45. The predicted molar refractivity (Wildman–Crippen MR) is 94.4 cm³/mol. The Morgan fingerprint density at radius 1 is 1.23 bits per heavy atom. The Morgan fingerprint density at radius 2 is 1.92 bits per heavy atom. The number of hydrogen-bond acceptors (Lipinski definition) is 2. The summed E-state index contributed by atoms with van der Waals surface area (Å²) in [4.78, 5) is 0. The van der Waals surface area contributed by atoms with E-state index in [9.17, 15) is 17.6 Å². The molecule has 0 bridgehead atoms. The van der Waals surface area contributed by atoms with Crippen molar-refractivity contribution >= 4 is 23.0 Å². The van der Waals surface area contributed by atoms with Crippen molar-refractivity contribution in [3.8, 4) is 0 Å². The maximum absolute atomic E-state index is 12.9. The molecule has 2 aromatic rings. The quantitative estimate of drug-likeness (QED) is 0.441. The number of alkyl halides is 3. The second-order valence-electron chi connectivity index (χ2n) is 6.19. The van der Waals surface area contributed by atoms with Crippen LogP contribution >= 0.6 is 12.2 Å². The molecule has 1 aliphatic carbocycles. The van der Waals surface area contributed by atoms with Crippen LogP contribution in [0.2, 0.25) is 0 Å². The zero-order valence-electron chi connectivity index (χ0n) is 13.8. The van der Waals surface area contributed by atoms with Crippen molar-refractivity contribution in [2.75, 3.05) is 11.9 Å². The average molecular weight is 386 g/mol. The molecular formula is C17H18F4N4S. The molecule has 0 saturated heterocycles. The van der Waals surface area contributed by atoms with Gasteiger partial charge in [0.05, 0.1) is 0 Å². The van der Waals surface area contributed by atoms with Crippen molar-refractivity contribution in [2.24, 2.45) is 0 Å².